The molecule has 2 heterocycles. The molecule has 5 heteroatoms. The number of thiophene rings is 1. The number of fused-ring (bicyclic) bond motifs is 3. The standard InChI is InChI=1S/C15H17N3S2/c1-10-17-14(19-9-5-4-8-16)13-11-6-2-3-7-12(11)20-15(13)18-10/h2-7,9H2,1H3. The summed E-state index contributed by atoms with van der Waals surface area (Å²) in [6.07, 6.45) is 6.52. The van der Waals surface area contributed by atoms with Crippen LogP contribution in [0.2, 0.25) is 0 Å². The van der Waals surface area contributed by atoms with Gasteiger partial charge < -0.3 is 0 Å². The molecule has 20 heavy (non-hydrogen) atoms. The number of aryl methyl sites for hydroxylation is 3. The number of hydrogen-bond donors (Lipinski definition) is 0. The lowest BCUT2D eigenvalue weighted by molar-refractivity contribution is 0.699. The lowest BCUT2D eigenvalue weighted by atomic mass is 9.97. The second-order valence-corrected chi connectivity index (χ2v) is 7.24. The van der Waals surface area contributed by atoms with Crippen LogP contribution in [-0.2, 0) is 12.8 Å². The second-order valence-electron chi connectivity index (χ2n) is 5.08. The molecule has 2 aromatic heterocycles. The normalized spacial score (nSPS) is 14.2. The number of aromatic nitrogens is 2. The zero-order chi connectivity index (χ0) is 13.9. The van der Waals surface area contributed by atoms with Gasteiger partial charge in [0.1, 0.15) is 15.7 Å². The van der Waals surface area contributed by atoms with Gasteiger partial charge in [-0.1, -0.05) is 0 Å². The summed E-state index contributed by atoms with van der Waals surface area (Å²) in [4.78, 5) is 12.0. The summed E-state index contributed by atoms with van der Waals surface area (Å²) in [5, 5.41) is 11.1. The van der Waals surface area contributed by atoms with Crippen LogP contribution >= 0.6 is 23.1 Å². The Morgan fingerprint density at radius 2 is 2.15 bits per heavy atom. The van der Waals surface area contributed by atoms with Crippen molar-refractivity contribution in [2.75, 3.05) is 5.75 Å². The van der Waals surface area contributed by atoms with E-state index >= 15 is 0 Å². The first kappa shape index (κ1) is 13.8. The highest BCUT2D eigenvalue weighted by atomic mass is 32.2. The van der Waals surface area contributed by atoms with Crippen LogP contribution in [0.1, 0.15) is 41.9 Å². The first-order valence-electron chi connectivity index (χ1n) is 7.08. The quantitative estimate of drug-likeness (QED) is 0.481. The molecular formula is C15H17N3S2. The number of unbranched alkanes of at least 4 members (excludes halogenated alkanes) is 1. The van der Waals surface area contributed by atoms with E-state index in [1.54, 1.807) is 11.8 Å². The van der Waals surface area contributed by atoms with Crippen LogP contribution in [0.4, 0.5) is 0 Å². The number of thioether (sulfide) groups is 1. The Morgan fingerprint density at radius 1 is 1.30 bits per heavy atom. The highest BCUT2D eigenvalue weighted by Gasteiger charge is 2.20. The van der Waals surface area contributed by atoms with Crippen molar-refractivity contribution in [3.8, 4) is 6.07 Å². The fourth-order valence-corrected chi connectivity index (χ4v) is 5.06. The van der Waals surface area contributed by atoms with E-state index < -0.39 is 0 Å². The summed E-state index contributed by atoms with van der Waals surface area (Å²) in [5.74, 6) is 1.82. The molecule has 0 aromatic carbocycles. The molecule has 0 saturated carbocycles. The second kappa shape index (κ2) is 6.11. The zero-order valence-electron chi connectivity index (χ0n) is 11.6. The van der Waals surface area contributed by atoms with Crippen LogP contribution in [0.3, 0.4) is 0 Å². The van der Waals surface area contributed by atoms with Crippen molar-refractivity contribution in [1.29, 1.82) is 5.26 Å². The molecule has 0 N–H and O–H groups in total. The molecule has 1 aliphatic carbocycles. The van der Waals surface area contributed by atoms with Crippen molar-refractivity contribution in [3.63, 3.8) is 0 Å². The van der Waals surface area contributed by atoms with Crippen LogP contribution < -0.4 is 0 Å². The van der Waals surface area contributed by atoms with Crippen LogP contribution in [0.15, 0.2) is 5.03 Å². The molecule has 0 unspecified atom stereocenters. The van der Waals surface area contributed by atoms with Crippen molar-refractivity contribution >= 4 is 33.3 Å². The van der Waals surface area contributed by atoms with E-state index in [4.69, 9.17) is 5.26 Å². The molecule has 1 aliphatic rings. The van der Waals surface area contributed by atoms with Gasteiger partial charge in [-0.15, -0.1) is 23.1 Å². The molecule has 3 rings (SSSR count). The Labute approximate surface area is 127 Å². The maximum Gasteiger partial charge on any atom is 0.128 e. The van der Waals surface area contributed by atoms with Gasteiger partial charge in [-0.05, 0) is 44.6 Å². The highest BCUT2D eigenvalue weighted by molar-refractivity contribution is 7.99. The minimum absolute atomic E-state index is 0.627. The Bertz CT molecular complexity index is 670. The average Bonchev–Trinajstić information content (AvgIpc) is 2.81. The molecule has 0 amide bonds. The van der Waals surface area contributed by atoms with E-state index in [-0.39, 0.29) is 0 Å². The van der Waals surface area contributed by atoms with Gasteiger partial charge in [-0.25, -0.2) is 9.97 Å². The average molecular weight is 303 g/mol. The summed E-state index contributed by atoms with van der Waals surface area (Å²) >= 11 is 3.64. The Hall–Kier alpha value is -1.12. The van der Waals surface area contributed by atoms with Crippen molar-refractivity contribution in [3.05, 3.63) is 16.3 Å². The number of nitrogens with zero attached hydrogens (tertiary/aromatic N) is 3. The van der Waals surface area contributed by atoms with Crippen LogP contribution in [0.5, 0.6) is 0 Å². The van der Waals surface area contributed by atoms with Gasteiger partial charge in [0.2, 0.25) is 0 Å². The van der Waals surface area contributed by atoms with E-state index in [1.807, 2.05) is 18.3 Å². The molecular weight excluding hydrogens is 286 g/mol. The largest absolute Gasteiger partial charge is 0.226 e. The Morgan fingerprint density at radius 3 is 3.00 bits per heavy atom. The van der Waals surface area contributed by atoms with Gasteiger partial charge in [0.15, 0.2) is 0 Å². The highest BCUT2D eigenvalue weighted by Crippen LogP contribution is 2.39. The van der Waals surface area contributed by atoms with Crippen molar-refractivity contribution in [1.82, 2.24) is 9.97 Å². The number of hydrogen-bond acceptors (Lipinski definition) is 5. The van der Waals surface area contributed by atoms with Crippen molar-refractivity contribution in [2.24, 2.45) is 0 Å². The summed E-state index contributed by atoms with van der Waals surface area (Å²) in [5.41, 5.74) is 1.50. The van der Waals surface area contributed by atoms with E-state index in [2.05, 4.69) is 16.0 Å². The maximum absolute atomic E-state index is 8.62. The summed E-state index contributed by atoms with van der Waals surface area (Å²) in [6.45, 7) is 1.97. The molecule has 0 bridgehead atoms. The Balaban J connectivity index is 1.97. The molecule has 104 valence electrons. The van der Waals surface area contributed by atoms with Crippen molar-refractivity contribution in [2.45, 2.75) is 50.5 Å². The minimum Gasteiger partial charge on any atom is -0.226 e. The van der Waals surface area contributed by atoms with Gasteiger partial charge >= 0.3 is 0 Å². The Kier molecular flexibility index (Phi) is 4.23. The lowest BCUT2D eigenvalue weighted by Crippen LogP contribution is -1.99. The fourth-order valence-electron chi connectivity index (χ4n) is 2.65. The molecule has 0 radical (unpaired) electrons. The van der Waals surface area contributed by atoms with Crippen LogP contribution in [0.25, 0.3) is 10.2 Å². The molecule has 0 atom stereocenters. The van der Waals surface area contributed by atoms with Gasteiger partial charge in [0.25, 0.3) is 0 Å². The van der Waals surface area contributed by atoms with Crippen molar-refractivity contribution < 1.29 is 0 Å². The number of nitriles is 1. The molecule has 0 saturated heterocycles. The van der Waals surface area contributed by atoms with E-state index in [1.165, 1.54) is 41.5 Å². The van der Waals surface area contributed by atoms with Gasteiger partial charge in [-0.2, -0.15) is 5.26 Å². The van der Waals surface area contributed by atoms with E-state index in [9.17, 15) is 0 Å². The van der Waals surface area contributed by atoms with Crippen LogP contribution in [-0.4, -0.2) is 15.7 Å². The zero-order valence-corrected chi connectivity index (χ0v) is 13.2. The van der Waals surface area contributed by atoms with Gasteiger partial charge in [0.05, 0.1) is 6.07 Å². The van der Waals surface area contributed by atoms with E-state index in [0.29, 0.717) is 6.42 Å². The lowest BCUT2D eigenvalue weighted by Gasteiger charge is -2.11. The monoisotopic (exact) mass is 303 g/mol. The summed E-state index contributed by atoms with van der Waals surface area (Å²) in [6, 6.07) is 2.20. The SMILES string of the molecule is Cc1nc(SCCCC#N)c2c3c(sc2n1)CCCC3. The topological polar surface area (TPSA) is 49.6 Å². The predicted molar refractivity (Wildman–Crippen MR) is 84.4 cm³/mol. The molecule has 3 nitrogen and oxygen atoms in total. The third-order valence-electron chi connectivity index (χ3n) is 3.56. The van der Waals surface area contributed by atoms with Gasteiger partial charge in [-0.3, -0.25) is 0 Å². The maximum atomic E-state index is 8.62. The third-order valence-corrected chi connectivity index (χ3v) is 5.81. The third kappa shape index (κ3) is 2.68. The first-order chi connectivity index (χ1) is 9.79. The van der Waals surface area contributed by atoms with E-state index in [0.717, 1.165) is 27.9 Å². The summed E-state index contributed by atoms with van der Waals surface area (Å²) in [7, 11) is 0. The minimum atomic E-state index is 0.627. The van der Waals surface area contributed by atoms with Gasteiger partial charge in [0, 0.05) is 22.4 Å². The number of rotatable bonds is 4. The molecule has 2 aromatic rings. The molecule has 0 aliphatic heterocycles. The predicted octanol–water partition coefficient (Wildman–Crippen LogP) is 4.27. The summed E-state index contributed by atoms with van der Waals surface area (Å²) < 4.78 is 0. The smallest absolute Gasteiger partial charge is 0.128 e. The first-order valence-corrected chi connectivity index (χ1v) is 8.88. The molecule has 0 spiro atoms. The fraction of sp³-hybridized carbons (Fsp3) is 0.533. The molecule has 0 fully saturated rings. The van der Waals surface area contributed by atoms with Crippen LogP contribution in [0, 0.1) is 18.3 Å².